The Balaban J connectivity index is 1.50. The van der Waals surface area contributed by atoms with Crippen molar-refractivity contribution in [3.8, 4) is 5.75 Å². The third kappa shape index (κ3) is 3.59. The summed E-state index contributed by atoms with van der Waals surface area (Å²) in [5.41, 5.74) is 9.52. The number of nitrogen functional groups attached to an aromatic ring is 1. The number of nitrogens with zero attached hydrogens (tertiary/aromatic N) is 4. The van der Waals surface area contributed by atoms with Crippen LogP contribution in [-0.2, 0) is 19.6 Å². The normalized spacial score (nSPS) is 13.3. The SMILES string of the molecule is Cc1cc(C(=O)N2CCc3[nH]nc(COc4ccccc4)c3C2)nc(N)n1. The predicted molar refractivity (Wildman–Crippen MR) is 99.0 cm³/mol. The molecule has 3 aromatic rings. The average Bonchev–Trinajstić information content (AvgIpc) is 3.08. The molecule has 4 rings (SSSR count). The van der Waals surface area contributed by atoms with E-state index in [4.69, 9.17) is 10.5 Å². The van der Waals surface area contributed by atoms with Gasteiger partial charge in [-0.3, -0.25) is 9.89 Å². The van der Waals surface area contributed by atoms with E-state index in [1.54, 1.807) is 17.9 Å². The fourth-order valence-corrected chi connectivity index (χ4v) is 3.18. The van der Waals surface area contributed by atoms with Crippen LogP contribution in [0.3, 0.4) is 0 Å². The summed E-state index contributed by atoms with van der Waals surface area (Å²) >= 11 is 0. The third-order valence-corrected chi connectivity index (χ3v) is 4.52. The highest BCUT2D eigenvalue weighted by atomic mass is 16.5. The van der Waals surface area contributed by atoms with Crippen LogP contribution in [0.5, 0.6) is 5.75 Å². The van der Waals surface area contributed by atoms with E-state index in [1.165, 1.54) is 0 Å². The lowest BCUT2D eigenvalue weighted by atomic mass is 10.0. The van der Waals surface area contributed by atoms with Gasteiger partial charge in [-0.2, -0.15) is 5.10 Å². The van der Waals surface area contributed by atoms with Crippen LogP contribution in [-0.4, -0.2) is 37.5 Å². The number of carbonyl (C=O) groups excluding carboxylic acids is 1. The zero-order valence-corrected chi connectivity index (χ0v) is 15.0. The van der Waals surface area contributed by atoms with Crippen molar-refractivity contribution in [2.45, 2.75) is 26.5 Å². The molecule has 1 aromatic carbocycles. The number of carbonyl (C=O) groups is 1. The van der Waals surface area contributed by atoms with Gasteiger partial charge in [-0.15, -0.1) is 0 Å². The lowest BCUT2D eigenvalue weighted by Crippen LogP contribution is -2.36. The molecule has 3 N–H and O–H groups in total. The van der Waals surface area contributed by atoms with E-state index in [9.17, 15) is 4.79 Å². The van der Waals surface area contributed by atoms with Crippen molar-refractivity contribution in [2.75, 3.05) is 12.3 Å². The number of nitrogens with two attached hydrogens (primary N) is 1. The molecule has 2 aromatic heterocycles. The fraction of sp³-hybridized carbons (Fsp3) is 0.263. The molecule has 0 radical (unpaired) electrons. The number of benzene rings is 1. The van der Waals surface area contributed by atoms with Crippen LogP contribution >= 0.6 is 0 Å². The number of para-hydroxylation sites is 1. The molecular formula is C19H20N6O2. The zero-order chi connectivity index (χ0) is 18.8. The van der Waals surface area contributed by atoms with Crippen LogP contribution in [0.1, 0.15) is 33.1 Å². The summed E-state index contributed by atoms with van der Waals surface area (Å²) in [5.74, 6) is 0.732. The number of aromatic nitrogens is 4. The van der Waals surface area contributed by atoms with Crippen molar-refractivity contribution >= 4 is 11.9 Å². The Hall–Kier alpha value is -3.42. The highest BCUT2D eigenvalue weighted by Gasteiger charge is 2.27. The fourth-order valence-electron chi connectivity index (χ4n) is 3.18. The first-order valence-corrected chi connectivity index (χ1v) is 8.73. The van der Waals surface area contributed by atoms with Crippen molar-refractivity contribution in [3.05, 3.63) is 64.7 Å². The Morgan fingerprint density at radius 2 is 2.11 bits per heavy atom. The molecule has 0 atom stereocenters. The van der Waals surface area contributed by atoms with Crippen molar-refractivity contribution in [3.63, 3.8) is 0 Å². The molecule has 1 amide bonds. The van der Waals surface area contributed by atoms with E-state index in [1.807, 2.05) is 30.3 Å². The molecule has 1 aliphatic heterocycles. The van der Waals surface area contributed by atoms with Gasteiger partial charge < -0.3 is 15.4 Å². The summed E-state index contributed by atoms with van der Waals surface area (Å²) in [6.07, 6.45) is 0.707. The predicted octanol–water partition coefficient (Wildman–Crippen LogP) is 1.87. The van der Waals surface area contributed by atoms with E-state index in [0.29, 0.717) is 37.5 Å². The van der Waals surface area contributed by atoms with E-state index >= 15 is 0 Å². The smallest absolute Gasteiger partial charge is 0.272 e. The lowest BCUT2D eigenvalue weighted by molar-refractivity contribution is 0.0727. The second-order valence-corrected chi connectivity index (χ2v) is 6.46. The number of nitrogens with one attached hydrogen (secondary N) is 1. The van der Waals surface area contributed by atoms with Crippen molar-refractivity contribution in [1.29, 1.82) is 0 Å². The van der Waals surface area contributed by atoms with Crippen molar-refractivity contribution in [2.24, 2.45) is 0 Å². The Kier molecular flexibility index (Phi) is 4.45. The number of aryl methyl sites for hydroxylation is 1. The van der Waals surface area contributed by atoms with E-state index in [-0.39, 0.29) is 11.9 Å². The van der Waals surface area contributed by atoms with Crippen molar-refractivity contribution < 1.29 is 9.53 Å². The molecule has 8 nitrogen and oxygen atoms in total. The summed E-state index contributed by atoms with van der Waals surface area (Å²) in [6.45, 7) is 3.19. The van der Waals surface area contributed by atoms with Crippen molar-refractivity contribution in [1.82, 2.24) is 25.1 Å². The molecule has 0 spiro atoms. The molecule has 0 aliphatic carbocycles. The maximum Gasteiger partial charge on any atom is 0.272 e. The van der Waals surface area contributed by atoms with E-state index in [2.05, 4.69) is 20.2 Å². The molecule has 0 fully saturated rings. The van der Waals surface area contributed by atoms with Gasteiger partial charge in [0, 0.05) is 36.5 Å². The summed E-state index contributed by atoms with van der Waals surface area (Å²) in [4.78, 5) is 22.7. The minimum Gasteiger partial charge on any atom is -0.487 e. The number of fused-ring (bicyclic) bond motifs is 1. The maximum absolute atomic E-state index is 12.8. The topological polar surface area (TPSA) is 110 Å². The van der Waals surface area contributed by atoms with Crippen LogP contribution in [0, 0.1) is 6.92 Å². The molecule has 27 heavy (non-hydrogen) atoms. The molecular weight excluding hydrogens is 344 g/mol. The van der Waals surface area contributed by atoms with Crippen LogP contribution in [0.4, 0.5) is 5.95 Å². The van der Waals surface area contributed by atoms with Gasteiger partial charge in [-0.05, 0) is 25.1 Å². The molecule has 0 saturated carbocycles. The van der Waals surface area contributed by atoms with Gasteiger partial charge >= 0.3 is 0 Å². The van der Waals surface area contributed by atoms with Crippen LogP contribution in [0.25, 0.3) is 0 Å². The average molecular weight is 364 g/mol. The Labute approximate surface area is 156 Å². The highest BCUT2D eigenvalue weighted by Crippen LogP contribution is 2.23. The number of anilines is 1. The second-order valence-electron chi connectivity index (χ2n) is 6.46. The van der Waals surface area contributed by atoms with Gasteiger partial charge in [-0.25, -0.2) is 9.97 Å². The van der Waals surface area contributed by atoms with E-state index in [0.717, 1.165) is 22.7 Å². The Morgan fingerprint density at radius 3 is 2.89 bits per heavy atom. The number of rotatable bonds is 4. The van der Waals surface area contributed by atoms with Crippen LogP contribution in [0.15, 0.2) is 36.4 Å². The molecule has 0 unspecified atom stereocenters. The van der Waals surface area contributed by atoms with Gasteiger partial charge in [0.2, 0.25) is 5.95 Å². The molecule has 3 heterocycles. The maximum atomic E-state index is 12.8. The van der Waals surface area contributed by atoms with Crippen LogP contribution in [0.2, 0.25) is 0 Å². The number of H-pyrrole nitrogens is 1. The molecule has 1 aliphatic rings. The van der Waals surface area contributed by atoms with Gasteiger partial charge in [0.05, 0.1) is 0 Å². The number of hydrogen-bond donors (Lipinski definition) is 2. The first kappa shape index (κ1) is 17.0. The van der Waals surface area contributed by atoms with Gasteiger partial charge in [-0.1, -0.05) is 18.2 Å². The lowest BCUT2D eigenvalue weighted by Gasteiger charge is -2.27. The summed E-state index contributed by atoms with van der Waals surface area (Å²) in [5, 5.41) is 7.44. The zero-order valence-electron chi connectivity index (χ0n) is 15.0. The van der Waals surface area contributed by atoms with E-state index < -0.39 is 0 Å². The summed E-state index contributed by atoms with van der Waals surface area (Å²) in [7, 11) is 0. The number of amides is 1. The third-order valence-electron chi connectivity index (χ3n) is 4.52. The quantitative estimate of drug-likeness (QED) is 0.731. The largest absolute Gasteiger partial charge is 0.487 e. The Bertz CT molecular complexity index is 949. The Morgan fingerprint density at radius 1 is 1.30 bits per heavy atom. The second kappa shape index (κ2) is 7.06. The molecule has 8 heteroatoms. The van der Waals surface area contributed by atoms with Crippen LogP contribution < -0.4 is 10.5 Å². The standard InChI is InChI=1S/C19H20N6O2/c1-12-9-16(22-19(20)21-12)18(26)25-8-7-15-14(10-25)17(24-23-15)11-27-13-5-3-2-4-6-13/h2-6,9H,7-8,10-11H2,1H3,(H,23,24)(H2,20,21,22). The summed E-state index contributed by atoms with van der Waals surface area (Å²) < 4.78 is 5.81. The summed E-state index contributed by atoms with van der Waals surface area (Å²) in [6, 6.07) is 11.2. The number of ether oxygens (including phenoxy) is 1. The van der Waals surface area contributed by atoms with Gasteiger partial charge in [0.15, 0.2) is 0 Å². The first-order valence-electron chi connectivity index (χ1n) is 8.73. The monoisotopic (exact) mass is 364 g/mol. The minimum atomic E-state index is -0.158. The first-order chi connectivity index (χ1) is 13.1. The van der Waals surface area contributed by atoms with Gasteiger partial charge in [0.25, 0.3) is 5.91 Å². The molecule has 0 bridgehead atoms. The number of hydrogen-bond acceptors (Lipinski definition) is 6. The highest BCUT2D eigenvalue weighted by molar-refractivity contribution is 5.92. The molecule has 138 valence electrons. The molecule has 0 saturated heterocycles. The number of aromatic amines is 1. The van der Waals surface area contributed by atoms with Gasteiger partial charge in [0.1, 0.15) is 23.7 Å². The minimum absolute atomic E-state index is 0.108.